The van der Waals surface area contributed by atoms with Gasteiger partial charge in [-0.15, -0.1) is 0 Å². The fourth-order valence-electron chi connectivity index (χ4n) is 2.44. The maximum atomic E-state index is 12.5. The molecule has 1 heterocycles. The van der Waals surface area contributed by atoms with Crippen molar-refractivity contribution in [1.82, 2.24) is 9.88 Å². The first kappa shape index (κ1) is 19.0. The molecular weight excluding hydrogens is 342 g/mol. The molecule has 0 spiro atoms. The van der Waals surface area contributed by atoms with Crippen molar-refractivity contribution >= 4 is 29.1 Å². The summed E-state index contributed by atoms with van der Waals surface area (Å²) in [7, 11) is 0. The van der Waals surface area contributed by atoms with Gasteiger partial charge in [0.25, 0.3) is 11.8 Å². The fourth-order valence-corrected chi connectivity index (χ4v) is 2.61. The van der Waals surface area contributed by atoms with Crippen LogP contribution in [0.3, 0.4) is 0 Å². The van der Waals surface area contributed by atoms with E-state index in [2.05, 4.69) is 10.3 Å². The summed E-state index contributed by atoms with van der Waals surface area (Å²) in [5.41, 5.74) is 1.34. The second-order valence-electron chi connectivity index (χ2n) is 5.50. The molecule has 7 heteroatoms. The van der Waals surface area contributed by atoms with Crippen molar-refractivity contribution in [2.24, 2.45) is 0 Å². The molecule has 1 aromatic heterocycles. The van der Waals surface area contributed by atoms with Crippen LogP contribution in [0.4, 0.5) is 5.69 Å². The number of aryl methyl sites for hydroxylation is 2. The summed E-state index contributed by atoms with van der Waals surface area (Å²) in [6.45, 7) is 8.65. The molecule has 0 fully saturated rings. The number of benzene rings is 1. The van der Waals surface area contributed by atoms with Crippen LogP contribution in [0.1, 0.15) is 53.3 Å². The lowest BCUT2D eigenvalue weighted by atomic mass is 10.1. The third-order valence-electron chi connectivity index (χ3n) is 3.86. The number of carbonyl (C=O) groups is 2. The van der Waals surface area contributed by atoms with Crippen molar-refractivity contribution in [2.75, 3.05) is 18.4 Å². The van der Waals surface area contributed by atoms with Gasteiger partial charge >= 0.3 is 0 Å². The molecule has 2 rings (SSSR count). The van der Waals surface area contributed by atoms with Crippen LogP contribution >= 0.6 is 11.6 Å². The van der Waals surface area contributed by atoms with E-state index in [0.29, 0.717) is 47.4 Å². The summed E-state index contributed by atoms with van der Waals surface area (Å²) in [4.78, 5) is 30.8. The molecule has 6 nitrogen and oxygen atoms in total. The average Bonchev–Trinajstić information content (AvgIpc) is 2.99. The zero-order valence-corrected chi connectivity index (χ0v) is 15.6. The molecule has 0 saturated heterocycles. The van der Waals surface area contributed by atoms with Crippen LogP contribution in [-0.4, -0.2) is 34.8 Å². The number of oxazole rings is 1. The monoisotopic (exact) mass is 363 g/mol. The standard InChI is InChI=1S/C18H22ClN3O3/c1-5-15-20-11(4)16(25-15)17(23)21-14-10-12(8-9-13(14)19)18(24)22(6-2)7-3/h8-10H,5-7H2,1-4H3,(H,21,23). The molecule has 25 heavy (non-hydrogen) atoms. The summed E-state index contributed by atoms with van der Waals surface area (Å²) >= 11 is 6.17. The molecule has 0 aliphatic carbocycles. The Kier molecular flexibility index (Phi) is 6.20. The van der Waals surface area contributed by atoms with Crippen LogP contribution in [0.15, 0.2) is 22.6 Å². The normalized spacial score (nSPS) is 10.6. The predicted octanol–water partition coefficient (Wildman–Crippen LogP) is 3.93. The van der Waals surface area contributed by atoms with E-state index in [1.807, 2.05) is 20.8 Å². The van der Waals surface area contributed by atoms with E-state index >= 15 is 0 Å². The molecule has 0 radical (unpaired) electrons. The molecule has 0 unspecified atom stereocenters. The summed E-state index contributed by atoms with van der Waals surface area (Å²) in [6, 6.07) is 4.82. The second-order valence-corrected chi connectivity index (χ2v) is 5.91. The molecule has 1 aromatic carbocycles. The van der Waals surface area contributed by atoms with E-state index in [1.165, 1.54) is 0 Å². The molecule has 2 aromatic rings. The van der Waals surface area contributed by atoms with Crippen LogP contribution in [0.25, 0.3) is 0 Å². The van der Waals surface area contributed by atoms with E-state index in [0.717, 1.165) is 0 Å². The van der Waals surface area contributed by atoms with E-state index in [9.17, 15) is 9.59 Å². The molecule has 0 bridgehead atoms. The second kappa shape index (κ2) is 8.16. The molecular formula is C18H22ClN3O3. The minimum absolute atomic E-state index is 0.110. The number of hydrogen-bond donors (Lipinski definition) is 1. The summed E-state index contributed by atoms with van der Waals surface area (Å²) in [5.74, 6) is 0.0907. The highest BCUT2D eigenvalue weighted by Crippen LogP contribution is 2.25. The van der Waals surface area contributed by atoms with Gasteiger partial charge in [-0.1, -0.05) is 18.5 Å². The highest BCUT2D eigenvalue weighted by atomic mass is 35.5. The van der Waals surface area contributed by atoms with Crippen LogP contribution in [0, 0.1) is 6.92 Å². The van der Waals surface area contributed by atoms with Crippen molar-refractivity contribution in [1.29, 1.82) is 0 Å². The number of nitrogens with one attached hydrogen (secondary N) is 1. The fraction of sp³-hybridized carbons (Fsp3) is 0.389. The van der Waals surface area contributed by atoms with E-state index in [4.69, 9.17) is 16.0 Å². The molecule has 0 aliphatic rings. The highest BCUT2D eigenvalue weighted by Gasteiger charge is 2.19. The van der Waals surface area contributed by atoms with Gasteiger partial charge < -0.3 is 14.6 Å². The SMILES string of the molecule is CCc1nc(C)c(C(=O)Nc2cc(C(=O)N(CC)CC)ccc2Cl)o1. The largest absolute Gasteiger partial charge is 0.435 e. The Labute approximate surface area is 152 Å². The number of halogens is 1. The lowest BCUT2D eigenvalue weighted by Crippen LogP contribution is -2.30. The highest BCUT2D eigenvalue weighted by molar-refractivity contribution is 6.34. The molecule has 0 atom stereocenters. The third-order valence-corrected chi connectivity index (χ3v) is 4.19. The zero-order chi connectivity index (χ0) is 18.6. The minimum Gasteiger partial charge on any atom is -0.435 e. The van der Waals surface area contributed by atoms with Crippen molar-refractivity contribution in [3.63, 3.8) is 0 Å². The van der Waals surface area contributed by atoms with E-state index in [-0.39, 0.29) is 11.7 Å². The van der Waals surface area contributed by atoms with Crippen LogP contribution in [0.5, 0.6) is 0 Å². The quantitative estimate of drug-likeness (QED) is 0.843. The lowest BCUT2D eigenvalue weighted by molar-refractivity contribution is 0.0772. The Bertz CT molecular complexity index is 782. The Hall–Kier alpha value is -2.34. The Morgan fingerprint density at radius 2 is 1.92 bits per heavy atom. The Morgan fingerprint density at radius 1 is 1.24 bits per heavy atom. The molecule has 2 amide bonds. The van der Waals surface area contributed by atoms with Gasteiger partial charge in [-0.25, -0.2) is 4.98 Å². The first-order valence-electron chi connectivity index (χ1n) is 8.27. The summed E-state index contributed by atoms with van der Waals surface area (Å²) in [5, 5.41) is 3.04. The number of amides is 2. The van der Waals surface area contributed by atoms with Crippen molar-refractivity contribution < 1.29 is 14.0 Å². The molecule has 134 valence electrons. The number of rotatable bonds is 6. The number of aromatic nitrogens is 1. The Balaban J connectivity index is 2.27. The first-order chi connectivity index (χ1) is 11.9. The molecule has 0 aliphatic heterocycles. The Morgan fingerprint density at radius 3 is 2.48 bits per heavy atom. The summed E-state index contributed by atoms with van der Waals surface area (Å²) < 4.78 is 5.45. The summed E-state index contributed by atoms with van der Waals surface area (Å²) in [6.07, 6.45) is 0.600. The number of carbonyl (C=O) groups excluding carboxylic acids is 2. The number of anilines is 1. The third kappa shape index (κ3) is 4.20. The van der Waals surface area contributed by atoms with E-state index in [1.54, 1.807) is 30.0 Å². The van der Waals surface area contributed by atoms with Gasteiger partial charge in [0.05, 0.1) is 16.4 Å². The smallest absolute Gasteiger partial charge is 0.293 e. The topological polar surface area (TPSA) is 75.4 Å². The molecule has 1 N–H and O–H groups in total. The van der Waals surface area contributed by atoms with Crippen LogP contribution < -0.4 is 5.32 Å². The lowest BCUT2D eigenvalue weighted by Gasteiger charge is -2.19. The number of nitrogens with zero attached hydrogens (tertiary/aromatic N) is 2. The van der Waals surface area contributed by atoms with Gasteiger partial charge in [-0.2, -0.15) is 0 Å². The van der Waals surface area contributed by atoms with Gasteiger partial charge in [0, 0.05) is 25.1 Å². The van der Waals surface area contributed by atoms with Gasteiger partial charge in [0.15, 0.2) is 5.89 Å². The minimum atomic E-state index is -0.445. The first-order valence-corrected chi connectivity index (χ1v) is 8.65. The van der Waals surface area contributed by atoms with Gasteiger partial charge in [-0.3, -0.25) is 9.59 Å². The van der Waals surface area contributed by atoms with Gasteiger partial charge in [-0.05, 0) is 39.0 Å². The average molecular weight is 364 g/mol. The molecule has 0 saturated carbocycles. The van der Waals surface area contributed by atoms with Gasteiger partial charge in [0.1, 0.15) is 0 Å². The zero-order valence-electron chi connectivity index (χ0n) is 14.9. The maximum absolute atomic E-state index is 12.5. The van der Waals surface area contributed by atoms with Crippen molar-refractivity contribution in [2.45, 2.75) is 34.1 Å². The predicted molar refractivity (Wildman–Crippen MR) is 97.3 cm³/mol. The van der Waals surface area contributed by atoms with Crippen LogP contribution in [0.2, 0.25) is 5.02 Å². The van der Waals surface area contributed by atoms with Gasteiger partial charge in [0.2, 0.25) is 5.76 Å². The van der Waals surface area contributed by atoms with Crippen LogP contribution in [-0.2, 0) is 6.42 Å². The van der Waals surface area contributed by atoms with E-state index < -0.39 is 5.91 Å². The van der Waals surface area contributed by atoms with Crippen molar-refractivity contribution in [3.8, 4) is 0 Å². The van der Waals surface area contributed by atoms with Crippen molar-refractivity contribution in [3.05, 3.63) is 46.1 Å². The number of hydrogen-bond acceptors (Lipinski definition) is 4. The maximum Gasteiger partial charge on any atom is 0.293 e.